The van der Waals surface area contributed by atoms with Crippen LogP contribution in [-0.2, 0) is 9.53 Å². The summed E-state index contributed by atoms with van der Waals surface area (Å²) in [6.45, 7) is 0.646. The molecule has 0 aromatic carbocycles. The Balaban J connectivity index is 1.99. The Hall–Kier alpha value is -1.20. The number of carbonyl (C=O) groups excluding carboxylic acids is 1. The minimum absolute atomic E-state index is 0.156. The number of hydrogen-bond acceptors (Lipinski definition) is 4. The Morgan fingerprint density at radius 3 is 3.20 bits per heavy atom. The van der Waals surface area contributed by atoms with Gasteiger partial charge in [0.1, 0.15) is 6.10 Å². The number of amides is 1. The molecule has 15 heavy (non-hydrogen) atoms. The molecule has 6 heteroatoms. The van der Waals surface area contributed by atoms with E-state index in [9.17, 15) is 4.79 Å². The highest BCUT2D eigenvalue weighted by Gasteiger charge is 2.23. The Bertz CT molecular complexity index is 366. The van der Waals surface area contributed by atoms with Crippen molar-refractivity contribution in [2.24, 2.45) is 0 Å². The van der Waals surface area contributed by atoms with Crippen LogP contribution in [0.2, 0.25) is 5.15 Å². The van der Waals surface area contributed by atoms with Gasteiger partial charge in [-0.05, 0) is 12.8 Å². The van der Waals surface area contributed by atoms with Crippen molar-refractivity contribution in [2.45, 2.75) is 18.9 Å². The van der Waals surface area contributed by atoms with Crippen molar-refractivity contribution in [1.82, 2.24) is 10.2 Å². The van der Waals surface area contributed by atoms with Crippen molar-refractivity contribution in [2.75, 3.05) is 11.9 Å². The Labute approximate surface area is 91.8 Å². The molecule has 1 saturated heterocycles. The molecule has 2 rings (SSSR count). The van der Waals surface area contributed by atoms with Gasteiger partial charge in [-0.3, -0.25) is 4.79 Å². The fraction of sp³-hybridized carbons (Fsp3) is 0.444. The summed E-state index contributed by atoms with van der Waals surface area (Å²) in [7, 11) is 0. The molecule has 1 aliphatic rings. The fourth-order valence-corrected chi connectivity index (χ4v) is 1.58. The van der Waals surface area contributed by atoms with Gasteiger partial charge in [0.15, 0.2) is 5.15 Å². The van der Waals surface area contributed by atoms with Gasteiger partial charge in [0.25, 0.3) is 5.91 Å². The summed E-state index contributed by atoms with van der Waals surface area (Å²) in [5.74, 6) is -0.156. The number of rotatable bonds is 2. The van der Waals surface area contributed by atoms with Crippen LogP contribution in [-0.4, -0.2) is 28.8 Å². The Morgan fingerprint density at radius 1 is 1.67 bits per heavy atom. The van der Waals surface area contributed by atoms with Crippen molar-refractivity contribution in [1.29, 1.82) is 0 Å². The molecule has 1 amide bonds. The van der Waals surface area contributed by atoms with E-state index < -0.39 is 0 Å². The van der Waals surface area contributed by atoms with E-state index in [0.29, 0.717) is 12.3 Å². The number of halogens is 1. The number of carbonyl (C=O) groups is 1. The quantitative estimate of drug-likeness (QED) is 0.826. The maximum absolute atomic E-state index is 11.6. The van der Waals surface area contributed by atoms with Crippen LogP contribution < -0.4 is 5.32 Å². The van der Waals surface area contributed by atoms with Crippen molar-refractivity contribution in [3.63, 3.8) is 0 Å². The van der Waals surface area contributed by atoms with Crippen LogP contribution in [0.1, 0.15) is 12.8 Å². The van der Waals surface area contributed by atoms with Gasteiger partial charge in [0.05, 0.1) is 11.9 Å². The molecule has 0 radical (unpaired) electrons. The molecule has 2 heterocycles. The first kappa shape index (κ1) is 10.3. The second kappa shape index (κ2) is 4.55. The van der Waals surface area contributed by atoms with Gasteiger partial charge in [-0.25, -0.2) is 0 Å². The molecule has 1 aromatic rings. The van der Waals surface area contributed by atoms with Gasteiger partial charge < -0.3 is 10.1 Å². The van der Waals surface area contributed by atoms with E-state index in [1.54, 1.807) is 6.07 Å². The number of nitrogens with one attached hydrogen (secondary N) is 1. The van der Waals surface area contributed by atoms with E-state index in [1.165, 1.54) is 6.20 Å². The summed E-state index contributed by atoms with van der Waals surface area (Å²) in [6.07, 6.45) is 2.78. The molecule has 1 aliphatic heterocycles. The second-order valence-electron chi connectivity index (χ2n) is 3.26. The van der Waals surface area contributed by atoms with Gasteiger partial charge in [-0.1, -0.05) is 11.6 Å². The highest BCUT2D eigenvalue weighted by molar-refractivity contribution is 6.29. The average molecular weight is 228 g/mol. The standard InChI is InChI=1S/C9H10ClN3O2/c10-8-4-6(5-11-13-8)12-9(14)7-2-1-3-15-7/h4-5,7H,1-3H2,(H,12,13,14)/t7-/m1/s1. The van der Waals surface area contributed by atoms with Crippen LogP contribution in [0, 0.1) is 0 Å². The van der Waals surface area contributed by atoms with E-state index in [4.69, 9.17) is 16.3 Å². The molecule has 80 valence electrons. The molecule has 0 unspecified atom stereocenters. The fourth-order valence-electron chi connectivity index (χ4n) is 1.42. The van der Waals surface area contributed by atoms with Gasteiger partial charge >= 0.3 is 0 Å². The minimum Gasteiger partial charge on any atom is -0.368 e. The molecule has 5 nitrogen and oxygen atoms in total. The van der Waals surface area contributed by atoms with Crippen LogP contribution >= 0.6 is 11.6 Å². The zero-order valence-electron chi connectivity index (χ0n) is 7.94. The van der Waals surface area contributed by atoms with Crippen LogP contribution in [0.4, 0.5) is 5.69 Å². The second-order valence-corrected chi connectivity index (χ2v) is 3.65. The SMILES string of the molecule is O=C(Nc1cnnc(Cl)c1)[C@H]1CCCO1. The molecule has 0 aliphatic carbocycles. The molecular weight excluding hydrogens is 218 g/mol. The lowest BCUT2D eigenvalue weighted by Crippen LogP contribution is -2.26. The lowest BCUT2D eigenvalue weighted by atomic mass is 10.2. The highest BCUT2D eigenvalue weighted by Crippen LogP contribution is 2.15. The summed E-state index contributed by atoms with van der Waals surface area (Å²) in [4.78, 5) is 11.6. The van der Waals surface area contributed by atoms with E-state index in [2.05, 4.69) is 15.5 Å². The first-order valence-electron chi connectivity index (χ1n) is 4.66. The first-order chi connectivity index (χ1) is 7.25. The predicted molar refractivity (Wildman–Crippen MR) is 54.6 cm³/mol. The number of ether oxygens (including phenoxy) is 1. The third-order valence-corrected chi connectivity index (χ3v) is 2.30. The molecule has 0 bridgehead atoms. The smallest absolute Gasteiger partial charge is 0.253 e. The summed E-state index contributed by atoms with van der Waals surface area (Å²) in [5, 5.41) is 10.1. The van der Waals surface area contributed by atoms with Gasteiger partial charge in [-0.15, -0.1) is 5.10 Å². The van der Waals surface area contributed by atoms with Crippen LogP contribution in [0.5, 0.6) is 0 Å². The van der Waals surface area contributed by atoms with Gasteiger partial charge in [0, 0.05) is 12.7 Å². The summed E-state index contributed by atoms with van der Waals surface area (Å²) in [6, 6.07) is 1.54. The molecular formula is C9H10ClN3O2. The van der Waals surface area contributed by atoms with Crippen molar-refractivity contribution >= 4 is 23.2 Å². The zero-order chi connectivity index (χ0) is 10.7. The van der Waals surface area contributed by atoms with E-state index in [0.717, 1.165) is 12.8 Å². The first-order valence-corrected chi connectivity index (χ1v) is 5.04. The largest absolute Gasteiger partial charge is 0.368 e. The molecule has 1 fully saturated rings. The molecule has 0 spiro atoms. The Kier molecular flexibility index (Phi) is 3.13. The summed E-state index contributed by atoms with van der Waals surface area (Å²) < 4.78 is 5.24. The summed E-state index contributed by atoms with van der Waals surface area (Å²) >= 11 is 5.63. The normalized spacial score (nSPS) is 20.2. The van der Waals surface area contributed by atoms with Crippen LogP contribution in [0.3, 0.4) is 0 Å². The van der Waals surface area contributed by atoms with E-state index in [-0.39, 0.29) is 17.2 Å². The van der Waals surface area contributed by atoms with E-state index in [1.807, 2.05) is 0 Å². The number of nitrogens with zero attached hydrogens (tertiary/aromatic N) is 2. The monoisotopic (exact) mass is 227 g/mol. The Morgan fingerprint density at radius 2 is 2.53 bits per heavy atom. The minimum atomic E-state index is -0.350. The number of aromatic nitrogens is 2. The van der Waals surface area contributed by atoms with Gasteiger partial charge in [-0.2, -0.15) is 5.10 Å². The highest BCUT2D eigenvalue weighted by atomic mass is 35.5. The number of anilines is 1. The summed E-state index contributed by atoms with van der Waals surface area (Å²) in [5.41, 5.74) is 0.537. The molecule has 1 aromatic heterocycles. The van der Waals surface area contributed by atoms with Crippen LogP contribution in [0.15, 0.2) is 12.3 Å². The predicted octanol–water partition coefficient (Wildman–Crippen LogP) is 1.25. The van der Waals surface area contributed by atoms with Crippen molar-refractivity contribution in [3.8, 4) is 0 Å². The number of hydrogen-bond donors (Lipinski definition) is 1. The molecule has 1 N–H and O–H groups in total. The lowest BCUT2D eigenvalue weighted by Gasteiger charge is -2.09. The zero-order valence-corrected chi connectivity index (χ0v) is 8.70. The lowest BCUT2D eigenvalue weighted by molar-refractivity contribution is -0.124. The molecule has 1 atom stereocenters. The topological polar surface area (TPSA) is 64.1 Å². The van der Waals surface area contributed by atoms with Crippen molar-refractivity contribution in [3.05, 3.63) is 17.4 Å². The molecule has 0 saturated carbocycles. The third-order valence-electron chi connectivity index (χ3n) is 2.11. The van der Waals surface area contributed by atoms with Gasteiger partial charge in [0.2, 0.25) is 0 Å². The van der Waals surface area contributed by atoms with Crippen molar-refractivity contribution < 1.29 is 9.53 Å². The average Bonchev–Trinajstić information content (AvgIpc) is 2.70. The maximum atomic E-state index is 11.6. The third kappa shape index (κ3) is 2.64. The van der Waals surface area contributed by atoms with Crippen LogP contribution in [0.25, 0.3) is 0 Å². The van der Waals surface area contributed by atoms with E-state index >= 15 is 0 Å². The maximum Gasteiger partial charge on any atom is 0.253 e.